The highest BCUT2D eigenvalue weighted by molar-refractivity contribution is 5.89. The lowest BCUT2D eigenvalue weighted by atomic mass is 10.0. The van der Waals surface area contributed by atoms with E-state index >= 15 is 0 Å². The van der Waals surface area contributed by atoms with E-state index in [1.165, 1.54) is 6.92 Å². The molecule has 0 saturated heterocycles. The highest BCUT2D eigenvalue weighted by atomic mass is 16.6. The summed E-state index contributed by atoms with van der Waals surface area (Å²) in [6, 6.07) is 1.77. The molecule has 0 aliphatic heterocycles. The van der Waals surface area contributed by atoms with Gasteiger partial charge in [0, 0.05) is 0 Å². The van der Waals surface area contributed by atoms with E-state index in [4.69, 9.17) is 10.4 Å². The van der Waals surface area contributed by atoms with Crippen LogP contribution in [0.4, 0.5) is 0 Å². The van der Waals surface area contributed by atoms with Crippen LogP contribution in [0.5, 0.6) is 0 Å². The van der Waals surface area contributed by atoms with Gasteiger partial charge < -0.3 is 9.84 Å². The van der Waals surface area contributed by atoms with Crippen LogP contribution in [-0.2, 0) is 14.3 Å². The molecule has 2 atom stereocenters. The molecule has 2 unspecified atom stereocenters. The number of unbranched alkanes of at least 4 members (excludes halogenated alkanes) is 1. The SMILES string of the molecule is CCCCC(C#N)C(=O)OC(=O)C(C)O. The quantitative estimate of drug-likeness (QED) is 0.538. The molecule has 5 heteroatoms. The number of rotatable bonds is 5. The summed E-state index contributed by atoms with van der Waals surface area (Å²) in [6.45, 7) is 3.13. The maximum absolute atomic E-state index is 11.2. The van der Waals surface area contributed by atoms with Crippen molar-refractivity contribution in [3.8, 4) is 6.07 Å². The highest BCUT2D eigenvalue weighted by Gasteiger charge is 2.23. The molecular formula is C10H15NO4. The Morgan fingerprint density at radius 1 is 1.47 bits per heavy atom. The van der Waals surface area contributed by atoms with Crippen molar-refractivity contribution in [1.82, 2.24) is 0 Å². The van der Waals surface area contributed by atoms with Crippen molar-refractivity contribution < 1.29 is 19.4 Å². The van der Waals surface area contributed by atoms with E-state index in [1.54, 1.807) is 6.07 Å². The van der Waals surface area contributed by atoms with Crippen LogP contribution >= 0.6 is 0 Å². The minimum Gasteiger partial charge on any atom is -0.390 e. The lowest BCUT2D eigenvalue weighted by Crippen LogP contribution is -2.26. The monoisotopic (exact) mass is 213 g/mol. The molecule has 0 aliphatic carbocycles. The summed E-state index contributed by atoms with van der Waals surface area (Å²) in [5, 5.41) is 17.4. The number of ether oxygens (including phenoxy) is 1. The summed E-state index contributed by atoms with van der Waals surface area (Å²) in [7, 11) is 0. The van der Waals surface area contributed by atoms with Gasteiger partial charge in [-0.1, -0.05) is 19.8 Å². The van der Waals surface area contributed by atoms with E-state index in [2.05, 4.69) is 4.74 Å². The van der Waals surface area contributed by atoms with Crippen LogP contribution in [0.2, 0.25) is 0 Å². The Bertz CT molecular complexity index is 267. The Morgan fingerprint density at radius 2 is 2.07 bits per heavy atom. The molecule has 0 fully saturated rings. The molecule has 0 heterocycles. The second-order valence-corrected chi connectivity index (χ2v) is 3.24. The Labute approximate surface area is 88.6 Å². The van der Waals surface area contributed by atoms with Crippen LogP contribution in [0.1, 0.15) is 33.1 Å². The zero-order valence-electron chi connectivity index (χ0n) is 8.90. The highest BCUT2D eigenvalue weighted by Crippen LogP contribution is 2.09. The van der Waals surface area contributed by atoms with Crippen LogP contribution in [-0.4, -0.2) is 23.1 Å². The second-order valence-electron chi connectivity index (χ2n) is 3.24. The average molecular weight is 213 g/mol. The van der Waals surface area contributed by atoms with Gasteiger partial charge in [0.05, 0.1) is 6.07 Å². The number of carbonyl (C=O) groups is 2. The molecule has 0 aromatic heterocycles. The summed E-state index contributed by atoms with van der Waals surface area (Å²) >= 11 is 0. The summed E-state index contributed by atoms with van der Waals surface area (Å²) in [5.41, 5.74) is 0. The Kier molecular flexibility index (Phi) is 6.30. The standard InChI is InChI=1S/C10H15NO4/c1-3-4-5-8(6-11)10(14)15-9(13)7(2)12/h7-8,12H,3-5H2,1-2H3. The Balaban J connectivity index is 4.17. The molecule has 0 radical (unpaired) electrons. The molecule has 84 valence electrons. The normalized spacial score (nSPS) is 13.7. The van der Waals surface area contributed by atoms with Gasteiger partial charge in [-0.05, 0) is 13.3 Å². The molecule has 0 aromatic carbocycles. The van der Waals surface area contributed by atoms with Gasteiger partial charge in [0.1, 0.15) is 12.0 Å². The molecule has 0 spiro atoms. The fraction of sp³-hybridized carbons (Fsp3) is 0.700. The van der Waals surface area contributed by atoms with E-state index in [-0.39, 0.29) is 0 Å². The minimum atomic E-state index is -1.35. The van der Waals surface area contributed by atoms with Crippen LogP contribution in [0, 0.1) is 17.2 Å². The Hall–Kier alpha value is -1.41. The Morgan fingerprint density at radius 3 is 2.47 bits per heavy atom. The largest absolute Gasteiger partial charge is 0.390 e. The summed E-state index contributed by atoms with van der Waals surface area (Å²) in [4.78, 5) is 22.1. The van der Waals surface area contributed by atoms with E-state index in [1.807, 2.05) is 6.92 Å². The van der Waals surface area contributed by atoms with Crippen molar-refractivity contribution in [2.45, 2.75) is 39.2 Å². The fourth-order valence-corrected chi connectivity index (χ4v) is 0.899. The van der Waals surface area contributed by atoms with Gasteiger partial charge in [-0.25, -0.2) is 4.79 Å². The lowest BCUT2D eigenvalue weighted by molar-refractivity contribution is -0.166. The van der Waals surface area contributed by atoms with Gasteiger partial charge in [0.2, 0.25) is 0 Å². The van der Waals surface area contributed by atoms with Crippen LogP contribution in [0.15, 0.2) is 0 Å². The van der Waals surface area contributed by atoms with Crippen molar-refractivity contribution in [3.63, 3.8) is 0 Å². The van der Waals surface area contributed by atoms with E-state index in [0.717, 1.165) is 12.8 Å². The maximum atomic E-state index is 11.2. The minimum absolute atomic E-state index is 0.374. The number of aliphatic hydroxyl groups excluding tert-OH is 1. The van der Waals surface area contributed by atoms with Gasteiger partial charge in [0.25, 0.3) is 0 Å². The van der Waals surface area contributed by atoms with Crippen LogP contribution < -0.4 is 0 Å². The zero-order chi connectivity index (χ0) is 11.8. The van der Waals surface area contributed by atoms with E-state index in [0.29, 0.717) is 6.42 Å². The maximum Gasteiger partial charge on any atom is 0.342 e. The number of nitrogens with zero attached hydrogens (tertiary/aromatic N) is 1. The molecule has 15 heavy (non-hydrogen) atoms. The van der Waals surface area contributed by atoms with Crippen molar-refractivity contribution >= 4 is 11.9 Å². The molecule has 5 nitrogen and oxygen atoms in total. The summed E-state index contributed by atoms with van der Waals surface area (Å²) in [6.07, 6.45) is 0.602. The van der Waals surface area contributed by atoms with Gasteiger partial charge >= 0.3 is 11.9 Å². The topological polar surface area (TPSA) is 87.4 Å². The first-order chi connectivity index (χ1) is 7.02. The first kappa shape index (κ1) is 13.6. The zero-order valence-corrected chi connectivity index (χ0v) is 8.90. The first-order valence-electron chi connectivity index (χ1n) is 4.86. The van der Waals surface area contributed by atoms with Gasteiger partial charge in [-0.2, -0.15) is 5.26 Å². The lowest BCUT2D eigenvalue weighted by Gasteiger charge is -2.08. The molecular weight excluding hydrogens is 198 g/mol. The molecule has 1 N–H and O–H groups in total. The number of hydrogen-bond donors (Lipinski definition) is 1. The number of nitriles is 1. The van der Waals surface area contributed by atoms with E-state index < -0.39 is 24.0 Å². The number of carbonyl (C=O) groups excluding carboxylic acids is 2. The predicted molar refractivity (Wildman–Crippen MR) is 51.4 cm³/mol. The third-order valence-electron chi connectivity index (χ3n) is 1.83. The van der Waals surface area contributed by atoms with Crippen molar-refractivity contribution in [1.29, 1.82) is 5.26 Å². The fourth-order valence-electron chi connectivity index (χ4n) is 0.899. The number of esters is 2. The van der Waals surface area contributed by atoms with Crippen molar-refractivity contribution in [2.24, 2.45) is 5.92 Å². The average Bonchev–Trinajstić information content (AvgIpc) is 2.18. The van der Waals surface area contributed by atoms with Gasteiger partial charge in [-0.3, -0.25) is 4.79 Å². The third-order valence-corrected chi connectivity index (χ3v) is 1.83. The smallest absolute Gasteiger partial charge is 0.342 e. The summed E-state index contributed by atoms with van der Waals surface area (Å²) < 4.78 is 4.31. The number of aliphatic hydroxyl groups is 1. The van der Waals surface area contributed by atoms with Crippen LogP contribution in [0.3, 0.4) is 0 Å². The van der Waals surface area contributed by atoms with Gasteiger partial charge in [-0.15, -0.1) is 0 Å². The molecule has 0 amide bonds. The molecule has 0 bridgehead atoms. The van der Waals surface area contributed by atoms with Gasteiger partial charge in [0.15, 0.2) is 0 Å². The predicted octanol–water partition coefficient (Wildman–Crippen LogP) is 0.767. The molecule has 0 rings (SSSR count). The molecule has 0 aliphatic rings. The van der Waals surface area contributed by atoms with Crippen LogP contribution in [0.25, 0.3) is 0 Å². The molecule has 0 saturated carbocycles. The summed E-state index contributed by atoms with van der Waals surface area (Å²) in [5.74, 6) is -2.82. The second kappa shape index (κ2) is 6.96. The third kappa shape index (κ3) is 5.13. The number of hydrogen-bond acceptors (Lipinski definition) is 5. The van der Waals surface area contributed by atoms with Crippen molar-refractivity contribution in [3.05, 3.63) is 0 Å². The molecule has 0 aromatic rings. The van der Waals surface area contributed by atoms with Crippen molar-refractivity contribution in [2.75, 3.05) is 0 Å². The van der Waals surface area contributed by atoms with E-state index in [9.17, 15) is 9.59 Å². The first-order valence-corrected chi connectivity index (χ1v) is 4.86.